The molecule has 7 rings (SSSR count). The first-order chi connectivity index (χ1) is 23.4. The zero-order chi connectivity index (χ0) is 33.0. The number of anilines is 3. The van der Waals surface area contributed by atoms with Gasteiger partial charge in [0.1, 0.15) is 23.2 Å². The maximum absolute atomic E-state index is 9.09. The molecule has 2 aromatic carbocycles. The van der Waals surface area contributed by atoms with Crippen molar-refractivity contribution in [2.45, 2.75) is 32.4 Å². The maximum Gasteiger partial charge on any atom is 0.234 e. The molecular formula is C37H35N11. The van der Waals surface area contributed by atoms with Gasteiger partial charge in [-0.1, -0.05) is 30.8 Å². The number of rotatable bonds is 9. The summed E-state index contributed by atoms with van der Waals surface area (Å²) in [4.78, 5) is 25.1. The van der Waals surface area contributed by atoms with E-state index in [0.29, 0.717) is 23.5 Å². The standard InChI is InChI=1S/C37H35N11/c1-24(2)42-28-6-3-5-26(21-28)31-12-13-32-37(44-31)48(36(45-32)30-7-4-17-41-35(30)39)29-10-8-25(9-11-29)23-47-19-15-27(16-20-47)43-33-14-18-40-34(22-38)46-33/h3-14,17-18,21,27,42H,1,15-16,19-20,23H2,2H3,(H2,39,41)(H,40,43,46). The van der Waals surface area contributed by atoms with Gasteiger partial charge in [0.15, 0.2) is 11.5 Å². The molecule has 4 aromatic heterocycles. The Morgan fingerprint density at radius 1 is 0.958 bits per heavy atom. The lowest BCUT2D eigenvalue weighted by molar-refractivity contribution is 0.211. The molecule has 0 amide bonds. The van der Waals surface area contributed by atoms with E-state index >= 15 is 0 Å². The van der Waals surface area contributed by atoms with E-state index in [1.165, 1.54) is 5.56 Å². The van der Waals surface area contributed by atoms with E-state index < -0.39 is 0 Å². The second kappa shape index (κ2) is 13.3. The van der Waals surface area contributed by atoms with Gasteiger partial charge in [-0.3, -0.25) is 9.47 Å². The number of likely N-dealkylation sites (tertiary alicyclic amines) is 1. The molecule has 0 spiro atoms. The van der Waals surface area contributed by atoms with Crippen molar-refractivity contribution in [3.63, 3.8) is 0 Å². The minimum atomic E-state index is 0.179. The Balaban J connectivity index is 1.14. The number of nitrogens with two attached hydrogens (primary N) is 1. The number of nitriles is 1. The van der Waals surface area contributed by atoms with Crippen LogP contribution in [0.3, 0.4) is 0 Å². The number of fused-ring (bicyclic) bond motifs is 1. The van der Waals surface area contributed by atoms with Crippen LogP contribution in [0.2, 0.25) is 0 Å². The molecule has 1 saturated heterocycles. The SMILES string of the molecule is C=C(C)Nc1cccc(-c2ccc3nc(-c4cccnc4N)n(-c4ccc(CN5CCC(Nc6ccnc(C#N)n6)CC5)cc4)c3n2)c1. The second-order valence-corrected chi connectivity index (χ2v) is 12.0. The van der Waals surface area contributed by atoms with E-state index in [2.05, 4.69) is 72.0 Å². The van der Waals surface area contributed by atoms with Gasteiger partial charge in [0.25, 0.3) is 0 Å². The summed E-state index contributed by atoms with van der Waals surface area (Å²) in [5, 5.41) is 15.8. The van der Waals surface area contributed by atoms with E-state index in [4.69, 9.17) is 21.0 Å². The van der Waals surface area contributed by atoms with Crippen molar-refractivity contribution < 1.29 is 0 Å². The molecule has 1 aliphatic heterocycles. The molecular weight excluding hydrogens is 598 g/mol. The Labute approximate surface area is 278 Å². The minimum Gasteiger partial charge on any atom is -0.383 e. The number of aromatic nitrogens is 6. The highest BCUT2D eigenvalue weighted by atomic mass is 15.2. The summed E-state index contributed by atoms with van der Waals surface area (Å²) in [6.45, 7) is 8.67. The Morgan fingerprint density at radius 3 is 2.56 bits per heavy atom. The average molecular weight is 634 g/mol. The molecule has 4 N–H and O–H groups in total. The van der Waals surface area contributed by atoms with Crippen LogP contribution in [-0.2, 0) is 6.54 Å². The van der Waals surface area contributed by atoms with Gasteiger partial charge >= 0.3 is 0 Å². The van der Waals surface area contributed by atoms with E-state index in [9.17, 15) is 0 Å². The average Bonchev–Trinajstić information content (AvgIpc) is 3.48. The molecule has 238 valence electrons. The summed E-state index contributed by atoms with van der Waals surface area (Å²) >= 11 is 0. The van der Waals surface area contributed by atoms with E-state index in [1.54, 1.807) is 12.4 Å². The third-order valence-corrected chi connectivity index (χ3v) is 8.40. The lowest BCUT2D eigenvalue weighted by atomic mass is 10.0. The number of nitrogens with zero attached hydrogens (tertiary/aromatic N) is 8. The highest BCUT2D eigenvalue weighted by Gasteiger charge is 2.21. The van der Waals surface area contributed by atoms with Gasteiger partial charge in [0, 0.05) is 60.7 Å². The molecule has 6 aromatic rings. The van der Waals surface area contributed by atoms with Crippen molar-refractivity contribution in [1.29, 1.82) is 5.26 Å². The lowest BCUT2D eigenvalue weighted by Gasteiger charge is -2.32. The quantitative estimate of drug-likeness (QED) is 0.163. The minimum absolute atomic E-state index is 0.179. The first kappa shape index (κ1) is 30.5. The number of allylic oxidation sites excluding steroid dienone is 1. The molecule has 1 fully saturated rings. The summed E-state index contributed by atoms with van der Waals surface area (Å²) in [5.41, 5.74) is 14.4. The third-order valence-electron chi connectivity index (χ3n) is 8.40. The summed E-state index contributed by atoms with van der Waals surface area (Å²) in [7, 11) is 0. The van der Waals surface area contributed by atoms with Crippen LogP contribution in [0.1, 0.15) is 31.2 Å². The first-order valence-electron chi connectivity index (χ1n) is 15.9. The summed E-state index contributed by atoms with van der Waals surface area (Å²) in [5.74, 6) is 1.97. The van der Waals surface area contributed by atoms with Crippen LogP contribution in [0.4, 0.5) is 17.3 Å². The fourth-order valence-electron chi connectivity index (χ4n) is 6.10. The molecule has 0 radical (unpaired) electrons. The van der Waals surface area contributed by atoms with Crippen LogP contribution in [0.5, 0.6) is 0 Å². The van der Waals surface area contributed by atoms with Gasteiger partial charge in [-0.05, 0) is 79.9 Å². The van der Waals surface area contributed by atoms with E-state index in [-0.39, 0.29) is 5.82 Å². The molecule has 48 heavy (non-hydrogen) atoms. The zero-order valence-corrected chi connectivity index (χ0v) is 26.6. The number of imidazole rings is 1. The van der Waals surface area contributed by atoms with Gasteiger partial charge in [-0.2, -0.15) is 5.26 Å². The highest BCUT2D eigenvalue weighted by molar-refractivity contribution is 5.84. The van der Waals surface area contributed by atoms with Crippen LogP contribution < -0.4 is 16.4 Å². The molecule has 11 heteroatoms. The van der Waals surface area contributed by atoms with Crippen LogP contribution in [-0.4, -0.2) is 53.5 Å². The van der Waals surface area contributed by atoms with Crippen LogP contribution in [0, 0.1) is 11.3 Å². The fourth-order valence-corrected chi connectivity index (χ4v) is 6.10. The molecule has 0 bridgehead atoms. The predicted molar refractivity (Wildman–Crippen MR) is 189 cm³/mol. The van der Waals surface area contributed by atoms with Gasteiger partial charge in [0.05, 0.1) is 11.3 Å². The van der Waals surface area contributed by atoms with Crippen LogP contribution >= 0.6 is 0 Å². The maximum atomic E-state index is 9.09. The third kappa shape index (κ3) is 6.56. The molecule has 5 heterocycles. The number of hydrogen-bond acceptors (Lipinski definition) is 10. The normalized spacial score (nSPS) is 13.7. The number of pyridine rings is 2. The molecule has 0 atom stereocenters. The molecule has 0 unspecified atom stereocenters. The fraction of sp³-hybridized carbons (Fsp3) is 0.189. The topological polar surface area (TPSA) is 146 Å². The number of piperidine rings is 1. The number of hydrogen-bond donors (Lipinski definition) is 3. The first-order valence-corrected chi connectivity index (χ1v) is 15.9. The molecule has 1 aliphatic rings. The van der Waals surface area contributed by atoms with Crippen molar-refractivity contribution in [1.82, 2.24) is 34.4 Å². The van der Waals surface area contributed by atoms with Gasteiger partial charge in [-0.15, -0.1) is 0 Å². The van der Waals surface area contributed by atoms with Crippen molar-refractivity contribution in [3.8, 4) is 34.4 Å². The lowest BCUT2D eigenvalue weighted by Crippen LogP contribution is -2.38. The second-order valence-electron chi connectivity index (χ2n) is 12.0. The Bertz CT molecular complexity index is 2140. The molecule has 11 nitrogen and oxygen atoms in total. The highest BCUT2D eigenvalue weighted by Crippen LogP contribution is 2.32. The van der Waals surface area contributed by atoms with E-state index in [1.807, 2.05) is 61.5 Å². The van der Waals surface area contributed by atoms with Crippen molar-refractivity contribution in [3.05, 3.63) is 115 Å². The smallest absolute Gasteiger partial charge is 0.234 e. The monoisotopic (exact) mass is 633 g/mol. The Morgan fingerprint density at radius 2 is 1.79 bits per heavy atom. The van der Waals surface area contributed by atoms with Crippen LogP contribution in [0.15, 0.2) is 104 Å². The molecule has 0 aliphatic carbocycles. The predicted octanol–water partition coefficient (Wildman–Crippen LogP) is 6.42. The summed E-state index contributed by atoms with van der Waals surface area (Å²) in [6.07, 6.45) is 5.27. The van der Waals surface area contributed by atoms with Crippen LogP contribution in [0.25, 0.3) is 39.5 Å². The summed E-state index contributed by atoms with van der Waals surface area (Å²) < 4.78 is 2.06. The van der Waals surface area contributed by atoms with Gasteiger partial charge in [0.2, 0.25) is 5.82 Å². The summed E-state index contributed by atoms with van der Waals surface area (Å²) in [6, 6.07) is 28.6. The van der Waals surface area contributed by atoms with Gasteiger partial charge in [-0.25, -0.2) is 24.9 Å². The number of nitrogen functional groups attached to an aromatic ring is 1. The van der Waals surface area contributed by atoms with Crippen molar-refractivity contribution in [2.24, 2.45) is 0 Å². The van der Waals surface area contributed by atoms with Crippen molar-refractivity contribution >= 4 is 28.5 Å². The van der Waals surface area contributed by atoms with E-state index in [0.717, 1.165) is 77.5 Å². The Kier molecular flexibility index (Phi) is 8.47. The zero-order valence-electron chi connectivity index (χ0n) is 26.6. The number of benzene rings is 2. The Hall–Kier alpha value is -6.12. The number of nitrogens with one attached hydrogen (secondary N) is 2. The van der Waals surface area contributed by atoms with Crippen molar-refractivity contribution in [2.75, 3.05) is 29.5 Å². The van der Waals surface area contributed by atoms with Gasteiger partial charge < -0.3 is 16.4 Å². The molecule has 0 saturated carbocycles. The largest absolute Gasteiger partial charge is 0.383 e.